The molecule has 1 rings (SSSR count). The van der Waals surface area contributed by atoms with Gasteiger partial charge in [0.25, 0.3) is 0 Å². The first-order valence-electron chi connectivity index (χ1n) is 4.77. The van der Waals surface area contributed by atoms with Crippen LogP contribution in [0, 0.1) is 0 Å². The number of pyridine rings is 1. The molecule has 1 aromatic rings. The minimum absolute atomic E-state index is 0.116. The molecule has 16 heavy (non-hydrogen) atoms. The molecule has 0 saturated carbocycles. The third kappa shape index (κ3) is 3.16. The van der Waals surface area contributed by atoms with Crippen LogP contribution in [0.5, 0.6) is 0 Å². The minimum Gasteiger partial charge on any atom is -0.396 e. The first-order valence-corrected chi connectivity index (χ1v) is 6.26. The maximum Gasteiger partial charge on any atom is 0.246 e. The number of aromatic nitrogens is 1. The van der Waals surface area contributed by atoms with Crippen LogP contribution in [0.1, 0.15) is 13.3 Å². The van der Waals surface area contributed by atoms with Crippen molar-refractivity contribution in [1.29, 1.82) is 0 Å². The van der Waals surface area contributed by atoms with Gasteiger partial charge in [-0.3, -0.25) is 4.79 Å². The van der Waals surface area contributed by atoms with Crippen LogP contribution in [0.15, 0.2) is 28.2 Å². The van der Waals surface area contributed by atoms with Crippen molar-refractivity contribution in [3.05, 3.63) is 28.7 Å². The molecule has 1 aromatic heterocycles. The fourth-order valence-corrected chi connectivity index (χ4v) is 2.52. The minimum atomic E-state index is -3.82. The van der Waals surface area contributed by atoms with Gasteiger partial charge < -0.3 is 10.1 Å². The molecule has 0 amide bonds. The summed E-state index contributed by atoms with van der Waals surface area (Å²) in [4.78, 5) is 13.5. The van der Waals surface area contributed by atoms with Crippen LogP contribution < -0.4 is 10.2 Å². The second kappa shape index (κ2) is 5.24. The van der Waals surface area contributed by atoms with Crippen molar-refractivity contribution < 1.29 is 13.5 Å². The van der Waals surface area contributed by atoms with Gasteiger partial charge in [0.1, 0.15) is 4.90 Å². The van der Waals surface area contributed by atoms with Gasteiger partial charge in [0.05, 0.1) is 0 Å². The van der Waals surface area contributed by atoms with Crippen molar-refractivity contribution in [3.8, 4) is 0 Å². The summed E-state index contributed by atoms with van der Waals surface area (Å²) in [7, 11) is -3.82. The third-order valence-electron chi connectivity index (χ3n) is 2.00. The Morgan fingerprint density at radius 1 is 1.56 bits per heavy atom. The maximum absolute atomic E-state index is 11.7. The van der Waals surface area contributed by atoms with Gasteiger partial charge in [-0.2, -0.15) is 0 Å². The maximum atomic E-state index is 11.7. The molecule has 0 aliphatic heterocycles. The third-order valence-corrected chi connectivity index (χ3v) is 3.61. The first-order chi connectivity index (χ1) is 7.47. The molecule has 6 nitrogen and oxygen atoms in total. The van der Waals surface area contributed by atoms with Gasteiger partial charge in [-0.15, -0.1) is 0 Å². The van der Waals surface area contributed by atoms with Crippen molar-refractivity contribution in [2.45, 2.75) is 24.3 Å². The lowest BCUT2D eigenvalue weighted by molar-refractivity contribution is 0.275. The summed E-state index contributed by atoms with van der Waals surface area (Å²) < 4.78 is 25.8. The SMILES string of the molecule is CC(CCO)NS(=O)(=O)c1c[nH]ccc1=O. The number of rotatable bonds is 5. The zero-order valence-corrected chi connectivity index (χ0v) is 9.62. The zero-order valence-electron chi connectivity index (χ0n) is 8.80. The van der Waals surface area contributed by atoms with Crippen LogP contribution in [0.4, 0.5) is 0 Å². The van der Waals surface area contributed by atoms with Crippen molar-refractivity contribution in [1.82, 2.24) is 9.71 Å². The largest absolute Gasteiger partial charge is 0.396 e. The summed E-state index contributed by atoms with van der Waals surface area (Å²) in [5.41, 5.74) is -0.567. The van der Waals surface area contributed by atoms with Gasteiger partial charge in [-0.05, 0) is 13.3 Å². The average Bonchev–Trinajstić information content (AvgIpc) is 2.17. The number of nitrogens with one attached hydrogen (secondary N) is 2. The Balaban J connectivity index is 2.95. The quantitative estimate of drug-likeness (QED) is 0.647. The normalized spacial score (nSPS) is 13.6. The number of aromatic amines is 1. The van der Waals surface area contributed by atoms with Crippen LogP contribution in [-0.2, 0) is 10.0 Å². The van der Waals surface area contributed by atoms with Crippen LogP contribution >= 0.6 is 0 Å². The molecule has 0 aromatic carbocycles. The van der Waals surface area contributed by atoms with E-state index in [2.05, 4.69) is 9.71 Å². The fraction of sp³-hybridized carbons (Fsp3) is 0.444. The Hall–Kier alpha value is -1.18. The summed E-state index contributed by atoms with van der Waals surface area (Å²) in [5, 5.41) is 8.66. The second-order valence-electron chi connectivity index (χ2n) is 3.41. The molecular formula is C9H14N2O4S. The monoisotopic (exact) mass is 246 g/mol. The summed E-state index contributed by atoms with van der Waals surface area (Å²) in [6, 6.07) is 0.722. The molecule has 0 radical (unpaired) electrons. The zero-order chi connectivity index (χ0) is 12.2. The summed E-state index contributed by atoms with van der Waals surface area (Å²) in [6.45, 7) is 1.50. The van der Waals surface area contributed by atoms with E-state index in [1.807, 2.05) is 0 Å². The Bertz CT molecular complexity index is 494. The Labute approximate surface area is 93.4 Å². The highest BCUT2D eigenvalue weighted by Gasteiger charge is 2.19. The Kier molecular flexibility index (Phi) is 4.22. The molecule has 1 atom stereocenters. The Morgan fingerprint density at radius 3 is 2.81 bits per heavy atom. The van der Waals surface area contributed by atoms with Crippen LogP contribution in [0.2, 0.25) is 0 Å². The van der Waals surface area contributed by atoms with Crippen LogP contribution in [-0.4, -0.2) is 31.2 Å². The lowest BCUT2D eigenvalue weighted by atomic mass is 10.3. The van der Waals surface area contributed by atoms with Gasteiger partial charge in [0.2, 0.25) is 15.5 Å². The first kappa shape index (κ1) is 12.9. The van der Waals surface area contributed by atoms with Crippen molar-refractivity contribution in [3.63, 3.8) is 0 Å². The number of aliphatic hydroxyl groups is 1. The lowest BCUT2D eigenvalue weighted by Crippen LogP contribution is -2.35. The molecule has 90 valence electrons. The fourth-order valence-electron chi connectivity index (χ4n) is 1.19. The number of hydrogen-bond donors (Lipinski definition) is 3. The van der Waals surface area contributed by atoms with E-state index >= 15 is 0 Å². The molecule has 1 unspecified atom stereocenters. The van der Waals surface area contributed by atoms with E-state index in [9.17, 15) is 13.2 Å². The van der Waals surface area contributed by atoms with Gasteiger partial charge in [0, 0.05) is 31.1 Å². The molecule has 0 bridgehead atoms. The molecule has 0 spiro atoms. The molecule has 0 fully saturated rings. The molecule has 0 saturated heterocycles. The van der Waals surface area contributed by atoms with Crippen molar-refractivity contribution in [2.75, 3.05) is 6.61 Å². The predicted molar refractivity (Wildman–Crippen MR) is 58.5 cm³/mol. The van der Waals surface area contributed by atoms with E-state index in [4.69, 9.17) is 5.11 Å². The number of sulfonamides is 1. The molecule has 0 aliphatic carbocycles. The van der Waals surface area contributed by atoms with E-state index in [0.717, 1.165) is 12.3 Å². The highest BCUT2D eigenvalue weighted by atomic mass is 32.2. The summed E-state index contributed by atoms with van der Waals surface area (Å²) in [6.07, 6.45) is 2.79. The second-order valence-corrected chi connectivity index (χ2v) is 5.09. The lowest BCUT2D eigenvalue weighted by Gasteiger charge is -2.12. The Morgan fingerprint density at radius 2 is 2.25 bits per heavy atom. The van der Waals surface area contributed by atoms with Crippen LogP contribution in [0.3, 0.4) is 0 Å². The standard InChI is InChI=1S/C9H14N2O4S/c1-7(3-5-12)11-16(14,15)9-6-10-4-2-8(9)13/h2,4,6-7,11-12H,3,5H2,1H3,(H,10,13). The van der Waals surface area contributed by atoms with E-state index in [1.54, 1.807) is 6.92 Å². The van der Waals surface area contributed by atoms with Gasteiger partial charge >= 0.3 is 0 Å². The summed E-state index contributed by atoms with van der Waals surface area (Å²) in [5.74, 6) is 0. The van der Waals surface area contributed by atoms with Crippen molar-refractivity contribution >= 4 is 10.0 Å². The van der Waals surface area contributed by atoms with Crippen LogP contribution in [0.25, 0.3) is 0 Å². The molecule has 0 aliphatic rings. The molecule has 3 N–H and O–H groups in total. The van der Waals surface area contributed by atoms with E-state index in [1.165, 1.54) is 6.20 Å². The number of H-pyrrole nitrogens is 1. The van der Waals surface area contributed by atoms with E-state index in [-0.39, 0.29) is 11.5 Å². The number of aliphatic hydroxyl groups excluding tert-OH is 1. The number of hydrogen-bond acceptors (Lipinski definition) is 4. The summed E-state index contributed by atoms with van der Waals surface area (Å²) >= 11 is 0. The van der Waals surface area contributed by atoms with E-state index in [0.29, 0.717) is 6.42 Å². The average molecular weight is 246 g/mol. The smallest absolute Gasteiger partial charge is 0.246 e. The van der Waals surface area contributed by atoms with Gasteiger partial charge in [0.15, 0.2) is 0 Å². The van der Waals surface area contributed by atoms with Crippen molar-refractivity contribution in [2.24, 2.45) is 0 Å². The predicted octanol–water partition coefficient (Wildman–Crippen LogP) is -0.576. The van der Waals surface area contributed by atoms with Gasteiger partial charge in [-0.1, -0.05) is 0 Å². The topological polar surface area (TPSA) is 99.3 Å². The molecule has 7 heteroatoms. The highest BCUT2D eigenvalue weighted by molar-refractivity contribution is 7.89. The van der Waals surface area contributed by atoms with E-state index < -0.39 is 21.5 Å². The highest BCUT2D eigenvalue weighted by Crippen LogP contribution is 2.02. The van der Waals surface area contributed by atoms with Gasteiger partial charge in [-0.25, -0.2) is 13.1 Å². The molecular weight excluding hydrogens is 232 g/mol. The molecule has 1 heterocycles.